The van der Waals surface area contributed by atoms with Gasteiger partial charge in [0.15, 0.2) is 0 Å². The van der Waals surface area contributed by atoms with Gasteiger partial charge < -0.3 is 24.2 Å². The van der Waals surface area contributed by atoms with Crippen LogP contribution in [-0.4, -0.2) is 97.5 Å². The second-order valence-electron chi connectivity index (χ2n) is 12.3. The molecule has 4 fully saturated rings. The molecule has 2 atom stereocenters. The molecule has 1 aliphatic carbocycles. The molecular weight excluding hydrogens is 594 g/mol. The Morgan fingerprint density at radius 3 is 2.24 bits per heavy atom. The Hall–Kier alpha value is -1.75. The van der Waals surface area contributed by atoms with Crippen molar-refractivity contribution >= 4 is 35.2 Å². The SMILES string of the molecule is CN(C(=O)OC1CCC(C(F)(F)F)CC1)[C@@H]1CN(C(=O)C2CCN(C3CCOCC3)CC2)C[C@@H]1c1ccc(Cl)c(Cl)c1. The molecule has 0 N–H and O–H groups in total. The smallest absolute Gasteiger partial charge is 0.410 e. The molecule has 4 aliphatic rings. The summed E-state index contributed by atoms with van der Waals surface area (Å²) in [5.74, 6) is -1.54. The number of hydrogen-bond donors (Lipinski definition) is 0. The van der Waals surface area contributed by atoms with Crippen LogP contribution in [0.25, 0.3) is 0 Å². The number of likely N-dealkylation sites (N-methyl/N-ethyl adjacent to an activating group) is 1. The molecule has 12 heteroatoms. The van der Waals surface area contributed by atoms with Crippen molar-refractivity contribution in [1.29, 1.82) is 0 Å². The number of alkyl halides is 3. The zero-order valence-corrected chi connectivity index (χ0v) is 25.5. The second kappa shape index (κ2) is 13.5. The standard InChI is InChI=1S/C30H40Cl2F3N3O4/c1-36(29(40)42-23-5-3-21(4-6-23)30(33,34)35)27-18-38(17-24(27)20-2-7-25(31)26(32)16-20)28(39)19-8-12-37(13-9-19)22-10-14-41-15-11-22/h2,7,16,19,21-24,27H,3-6,8-15,17-18H2,1H3/t21?,23?,24-,27-/m1/s1. The van der Waals surface area contributed by atoms with Gasteiger partial charge in [0.1, 0.15) is 6.10 Å². The van der Waals surface area contributed by atoms with Gasteiger partial charge in [0.25, 0.3) is 0 Å². The highest BCUT2D eigenvalue weighted by Gasteiger charge is 2.45. The van der Waals surface area contributed by atoms with E-state index in [0.717, 1.165) is 57.6 Å². The first-order valence-electron chi connectivity index (χ1n) is 15.1. The number of likely N-dealkylation sites (tertiary alicyclic amines) is 2. The van der Waals surface area contributed by atoms with E-state index in [1.807, 2.05) is 11.0 Å². The molecule has 1 aromatic carbocycles. The quantitative estimate of drug-likeness (QED) is 0.377. The van der Waals surface area contributed by atoms with Crippen LogP contribution in [0.1, 0.15) is 62.8 Å². The maximum Gasteiger partial charge on any atom is 0.410 e. The summed E-state index contributed by atoms with van der Waals surface area (Å²) in [7, 11) is 1.64. The monoisotopic (exact) mass is 633 g/mol. The number of halogens is 5. The van der Waals surface area contributed by atoms with Crippen LogP contribution in [0, 0.1) is 11.8 Å². The highest BCUT2D eigenvalue weighted by atomic mass is 35.5. The lowest BCUT2D eigenvalue weighted by molar-refractivity contribution is -0.186. The van der Waals surface area contributed by atoms with Crippen LogP contribution in [0.5, 0.6) is 0 Å². The third kappa shape index (κ3) is 7.30. The predicted molar refractivity (Wildman–Crippen MR) is 154 cm³/mol. The molecule has 3 saturated heterocycles. The molecule has 2 amide bonds. The molecule has 0 bridgehead atoms. The molecule has 5 rings (SSSR count). The van der Waals surface area contributed by atoms with E-state index >= 15 is 0 Å². The molecule has 0 aromatic heterocycles. The Bertz CT molecular complexity index is 1100. The Balaban J connectivity index is 1.24. The highest BCUT2D eigenvalue weighted by molar-refractivity contribution is 6.42. The lowest BCUT2D eigenvalue weighted by Gasteiger charge is -2.39. The number of carbonyl (C=O) groups is 2. The summed E-state index contributed by atoms with van der Waals surface area (Å²) in [6.45, 7) is 4.13. The van der Waals surface area contributed by atoms with Gasteiger partial charge in [0, 0.05) is 51.2 Å². The molecule has 1 aromatic rings. The zero-order chi connectivity index (χ0) is 30.0. The number of benzene rings is 1. The van der Waals surface area contributed by atoms with Crippen molar-refractivity contribution < 1.29 is 32.2 Å². The summed E-state index contributed by atoms with van der Waals surface area (Å²) >= 11 is 12.5. The maximum absolute atomic E-state index is 13.8. The van der Waals surface area contributed by atoms with Crippen LogP contribution in [0.15, 0.2) is 18.2 Å². The fourth-order valence-electron chi connectivity index (χ4n) is 7.12. The maximum atomic E-state index is 13.8. The number of amides is 2. The van der Waals surface area contributed by atoms with Crippen molar-refractivity contribution in [1.82, 2.24) is 14.7 Å². The predicted octanol–water partition coefficient (Wildman–Crippen LogP) is 6.37. The molecule has 1 saturated carbocycles. The fraction of sp³-hybridized carbons (Fsp3) is 0.733. The van der Waals surface area contributed by atoms with Crippen molar-refractivity contribution in [2.45, 2.75) is 81.6 Å². The topological polar surface area (TPSA) is 62.3 Å². The number of ether oxygens (including phenoxy) is 2. The van der Waals surface area contributed by atoms with E-state index < -0.39 is 24.3 Å². The van der Waals surface area contributed by atoms with Crippen LogP contribution in [0.2, 0.25) is 10.0 Å². The van der Waals surface area contributed by atoms with Crippen LogP contribution in [0.3, 0.4) is 0 Å². The molecule has 42 heavy (non-hydrogen) atoms. The highest BCUT2D eigenvalue weighted by Crippen LogP contribution is 2.39. The molecule has 0 radical (unpaired) electrons. The van der Waals surface area contributed by atoms with Crippen molar-refractivity contribution in [2.75, 3.05) is 46.4 Å². The minimum absolute atomic E-state index is 0.0455. The van der Waals surface area contributed by atoms with Gasteiger partial charge in [-0.2, -0.15) is 13.2 Å². The fourth-order valence-corrected chi connectivity index (χ4v) is 7.43. The minimum Gasteiger partial charge on any atom is -0.446 e. The second-order valence-corrected chi connectivity index (χ2v) is 13.1. The van der Waals surface area contributed by atoms with Crippen molar-refractivity contribution in [2.24, 2.45) is 11.8 Å². The summed E-state index contributed by atoms with van der Waals surface area (Å²) in [4.78, 5) is 32.9. The molecule has 3 heterocycles. The van der Waals surface area contributed by atoms with Gasteiger partial charge in [-0.05, 0) is 82.2 Å². The third-order valence-corrected chi connectivity index (χ3v) is 10.5. The van der Waals surface area contributed by atoms with Gasteiger partial charge in [-0.3, -0.25) is 4.79 Å². The molecule has 3 aliphatic heterocycles. The summed E-state index contributed by atoms with van der Waals surface area (Å²) in [6.07, 6.45) is -1.42. The molecule has 7 nitrogen and oxygen atoms in total. The van der Waals surface area contributed by atoms with E-state index in [1.165, 1.54) is 4.90 Å². The number of carbonyl (C=O) groups excluding carboxylic acids is 2. The normalized spacial score (nSPS) is 28.6. The van der Waals surface area contributed by atoms with Crippen LogP contribution in [0.4, 0.5) is 18.0 Å². The van der Waals surface area contributed by atoms with E-state index in [2.05, 4.69) is 4.90 Å². The van der Waals surface area contributed by atoms with Crippen LogP contribution >= 0.6 is 23.2 Å². The number of hydrogen-bond acceptors (Lipinski definition) is 5. The van der Waals surface area contributed by atoms with Gasteiger partial charge in [0.05, 0.1) is 22.0 Å². The number of piperidine rings is 1. The average Bonchev–Trinajstić information content (AvgIpc) is 3.43. The molecule has 0 spiro atoms. The van der Waals surface area contributed by atoms with Gasteiger partial charge in [-0.1, -0.05) is 29.3 Å². The minimum atomic E-state index is -4.22. The van der Waals surface area contributed by atoms with E-state index in [1.54, 1.807) is 19.2 Å². The zero-order valence-electron chi connectivity index (χ0n) is 24.0. The first-order chi connectivity index (χ1) is 20.0. The Morgan fingerprint density at radius 1 is 0.952 bits per heavy atom. The summed E-state index contributed by atoms with van der Waals surface area (Å²) in [5.41, 5.74) is 0.865. The lowest BCUT2D eigenvalue weighted by atomic mass is 9.87. The van der Waals surface area contributed by atoms with Crippen LogP contribution in [-0.2, 0) is 14.3 Å². The third-order valence-electron chi connectivity index (χ3n) is 9.75. The van der Waals surface area contributed by atoms with Gasteiger partial charge in [-0.25, -0.2) is 4.79 Å². The summed E-state index contributed by atoms with van der Waals surface area (Å²) in [5, 5.41) is 0.811. The van der Waals surface area contributed by atoms with Crippen molar-refractivity contribution in [3.8, 4) is 0 Å². The van der Waals surface area contributed by atoms with Gasteiger partial charge in [-0.15, -0.1) is 0 Å². The Labute approximate surface area is 255 Å². The van der Waals surface area contributed by atoms with E-state index in [0.29, 0.717) is 29.2 Å². The summed E-state index contributed by atoms with van der Waals surface area (Å²) in [6, 6.07) is 5.49. The molecular formula is C30H40Cl2F3N3O4. The largest absolute Gasteiger partial charge is 0.446 e. The Morgan fingerprint density at radius 2 is 1.62 bits per heavy atom. The van der Waals surface area contributed by atoms with Crippen molar-refractivity contribution in [3.63, 3.8) is 0 Å². The number of nitrogens with zero attached hydrogens (tertiary/aromatic N) is 3. The first kappa shape index (κ1) is 31.7. The lowest BCUT2D eigenvalue weighted by Crippen LogP contribution is -2.47. The van der Waals surface area contributed by atoms with E-state index in [9.17, 15) is 22.8 Å². The van der Waals surface area contributed by atoms with E-state index in [-0.39, 0.29) is 49.5 Å². The van der Waals surface area contributed by atoms with E-state index in [4.69, 9.17) is 32.7 Å². The number of rotatable bonds is 5. The molecule has 0 unspecified atom stereocenters. The summed E-state index contributed by atoms with van der Waals surface area (Å²) < 4.78 is 50.5. The first-order valence-corrected chi connectivity index (χ1v) is 15.8. The molecule has 234 valence electrons. The van der Waals surface area contributed by atoms with Gasteiger partial charge >= 0.3 is 12.3 Å². The Kier molecular flexibility index (Phi) is 10.2. The average molecular weight is 635 g/mol. The van der Waals surface area contributed by atoms with Gasteiger partial charge in [0.2, 0.25) is 5.91 Å². The van der Waals surface area contributed by atoms with Crippen molar-refractivity contribution in [3.05, 3.63) is 33.8 Å². The van der Waals surface area contributed by atoms with Crippen LogP contribution < -0.4 is 0 Å².